The number of hydrogen-bond donors (Lipinski definition) is 0. The van der Waals surface area contributed by atoms with Crippen molar-refractivity contribution in [2.45, 2.75) is 0 Å². The van der Waals surface area contributed by atoms with Crippen LogP contribution in [0.5, 0.6) is 0 Å². The number of ketones is 2. The molecule has 1 fully saturated rings. The van der Waals surface area contributed by atoms with E-state index in [0.717, 1.165) is 5.57 Å². The smallest absolute Gasteiger partial charge is 0.160 e. The summed E-state index contributed by atoms with van der Waals surface area (Å²) in [5.74, 6) is -0.713. The van der Waals surface area contributed by atoms with Gasteiger partial charge in [-0.2, -0.15) is 0 Å². The van der Waals surface area contributed by atoms with Gasteiger partial charge in [-0.1, -0.05) is 35.4 Å². The Morgan fingerprint density at radius 3 is 1.75 bits per heavy atom. The lowest BCUT2D eigenvalue weighted by Gasteiger charge is -2.25. The zero-order valence-corrected chi connectivity index (χ0v) is 9.70. The first-order valence-electron chi connectivity index (χ1n) is 5.10. The van der Waals surface area contributed by atoms with E-state index < -0.39 is 0 Å². The van der Waals surface area contributed by atoms with Crippen molar-refractivity contribution in [3.63, 3.8) is 0 Å². The number of rotatable bonds is 0. The average Bonchev–Trinajstić information content (AvgIpc) is 2.79. The molecule has 82 valence electrons. The van der Waals surface area contributed by atoms with E-state index in [1.807, 2.05) is 12.2 Å². The summed E-state index contributed by atoms with van der Waals surface area (Å²) in [6, 6.07) is 0. The van der Waals surface area contributed by atoms with Crippen LogP contribution in [0.1, 0.15) is 0 Å². The van der Waals surface area contributed by atoms with Crippen molar-refractivity contribution in [3.05, 3.63) is 34.4 Å². The van der Waals surface area contributed by atoms with E-state index >= 15 is 0 Å². The standard InChI is InChI=1S/C12H8Cl2O2/c13-12(14)9-5-1-2-6(9)11-8(16)4-3-7(15)10(5)11/h1-6,10-11H/t5-,6+,10?,11?. The summed E-state index contributed by atoms with van der Waals surface area (Å²) < 4.78 is 0.204. The molecule has 3 aliphatic carbocycles. The fourth-order valence-corrected chi connectivity index (χ4v) is 3.59. The van der Waals surface area contributed by atoms with Gasteiger partial charge >= 0.3 is 0 Å². The Bertz CT molecular complexity index is 447. The molecule has 2 unspecified atom stereocenters. The molecule has 0 aromatic carbocycles. The first-order chi connectivity index (χ1) is 7.61. The third-order valence-corrected chi connectivity index (χ3v) is 4.13. The highest BCUT2D eigenvalue weighted by Crippen LogP contribution is 2.55. The second-order valence-corrected chi connectivity index (χ2v) is 5.29. The zero-order valence-electron chi connectivity index (χ0n) is 8.19. The first-order valence-corrected chi connectivity index (χ1v) is 5.86. The molecule has 0 aromatic heterocycles. The largest absolute Gasteiger partial charge is 0.294 e. The molecule has 0 radical (unpaired) electrons. The van der Waals surface area contributed by atoms with Gasteiger partial charge in [0, 0.05) is 23.7 Å². The molecule has 16 heavy (non-hydrogen) atoms. The molecular formula is C12H8Cl2O2. The van der Waals surface area contributed by atoms with E-state index in [2.05, 4.69) is 0 Å². The molecule has 0 N–H and O–H groups in total. The fourth-order valence-electron chi connectivity index (χ4n) is 3.09. The lowest BCUT2D eigenvalue weighted by Crippen LogP contribution is -2.34. The van der Waals surface area contributed by atoms with Crippen molar-refractivity contribution >= 4 is 34.8 Å². The highest BCUT2D eigenvalue weighted by molar-refractivity contribution is 6.56. The van der Waals surface area contributed by atoms with E-state index in [-0.39, 0.29) is 39.7 Å². The van der Waals surface area contributed by atoms with E-state index in [1.54, 1.807) is 0 Å². The van der Waals surface area contributed by atoms with Crippen LogP contribution >= 0.6 is 23.2 Å². The van der Waals surface area contributed by atoms with E-state index in [4.69, 9.17) is 23.2 Å². The van der Waals surface area contributed by atoms with Crippen molar-refractivity contribution in [1.29, 1.82) is 0 Å². The molecule has 0 amide bonds. The normalized spacial score (nSPS) is 39.5. The monoisotopic (exact) mass is 254 g/mol. The molecule has 0 heterocycles. The minimum absolute atomic E-state index is 0.00790. The predicted octanol–water partition coefficient (Wildman–Crippen LogP) is 2.43. The Morgan fingerprint density at radius 1 is 0.938 bits per heavy atom. The molecule has 2 bridgehead atoms. The minimum Gasteiger partial charge on any atom is -0.294 e. The lowest BCUT2D eigenvalue weighted by atomic mass is 9.75. The Balaban J connectivity index is 2.15. The Morgan fingerprint density at radius 2 is 1.38 bits per heavy atom. The number of halogens is 2. The number of fused-ring (bicyclic) bond motifs is 5. The van der Waals surface area contributed by atoms with Crippen molar-refractivity contribution in [2.24, 2.45) is 23.7 Å². The van der Waals surface area contributed by atoms with Crippen LogP contribution in [0, 0.1) is 23.7 Å². The Hall–Kier alpha value is -0.860. The summed E-state index contributed by atoms with van der Waals surface area (Å²) in [4.78, 5) is 23.6. The van der Waals surface area contributed by atoms with Gasteiger partial charge in [0.2, 0.25) is 0 Å². The number of carbonyl (C=O) groups excluding carboxylic acids is 2. The molecule has 0 spiro atoms. The molecule has 3 rings (SSSR count). The van der Waals surface area contributed by atoms with E-state index in [9.17, 15) is 9.59 Å². The fraction of sp³-hybridized carbons (Fsp3) is 0.333. The zero-order chi connectivity index (χ0) is 11.4. The van der Waals surface area contributed by atoms with Gasteiger partial charge in [-0.05, 0) is 17.7 Å². The maximum atomic E-state index is 11.8. The van der Waals surface area contributed by atoms with Crippen molar-refractivity contribution in [1.82, 2.24) is 0 Å². The molecule has 1 saturated carbocycles. The molecule has 3 aliphatic rings. The molecule has 0 aromatic rings. The molecule has 0 saturated heterocycles. The van der Waals surface area contributed by atoms with Crippen LogP contribution in [-0.4, -0.2) is 11.6 Å². The van der Waals surface area contributed by atoms with Crippen LogP contribution in [0.15, 0.2) is 34.4 Å². The SMILES string of the molecule is O=C1C=CC(=O)C2C1[C@@H]1C=C[C@H]2C1=C(Cl)Cl. The number of carbonyl (C=O) groups is 2. The third kappa shape index (κ3) is 1.14. The second kappa shape index (κ2) is 3.31. The van der Waals surface area contributed by atoms with Gasteiger partial charge in [0.15, 0.2) is 11.6 Å². The Kier molecular flexibility index (Phi) is 2.13. The van der Waals surface area contributed by atoms with Crippen LogP contribution in [0.2, 0.25) is 0 Å². The predicted molar refractivity (Wildman–Crippen MR) is 61.0 cm³/mol. The quantitative estimate of drug-likeness (QED) is 0.623. The maximum Gasteiger partial charge on any atom is 0.160 e. The minimum atomic E-state index is -0.282. The lowest BCUT2D eigenvalue weighted by molar-refractivity contribution is -0.129. The van der Waals surface area contributed by atoms with Gasteiger partial charge in [-0.25, -0.2) is 0 Å². The molecular weight excluding hydrogens is 247 g/mol. The second-order valence-electron chi connectivity index (χ2n) is 4.34. The highest BCUT2D eigenvalue weighted by Gasteiger charge is 2.55. The van der Waals surface area contributed by atoms with Crippen molar-refractivity contribution in [2.75, 3.05) is 0 Å². The Labute approximate surface area is 103 Å². The van der Waals surface area contributed by atoms with Gasteiger partial charge in [0.25, 0.3) is 0 Å². The first kappa shape index (κ1) is 10.3. The summed E-state index contributed by atoms with van der Waals surface area (Å²) in [5.41, 5.74) is 0.837. The molecule has 4 atom stereocenters. The number of allylic oxidation sites excluding steroid dienone is 5. The van der Waals surface area contributed by atoms with Gasteiger partial charge in [0.1, 0.15) is 4.49 Å². The highest BCUT2D eigenvalue weighted by atomic mass is 35.5. The van der Waals surface area contributed by atoms with Crippen LogP contribution in [0.25, 0.3) is 0 Å². The van der Waals surface area contributed by atoms with Crippen molar-refractivity contribution < 1.29 is 9.59 Å². The van der Waals surface area contributed by atoms with Crippen molar-refractivity contribution in [3.8, 4) is 0 Å². The number of hydrogen-bond acceptors (Lipinski definition) is 2. The molecule has 0 aliphatic heterocycles. The molecule has 4 heteroatoms. The summed E-state index contributed by atoms with van der Waals surface area (Å²) in [5, 5.41) is 0. The summed E-state index contributed by atoms with van der Waals surface area (Å²) >= 11 is 11.7. The molecule has 2 nitrogen and oxygen atoms in total. The van der Waals surface area contributed by atoms with Gasteiger partial charge < -0.3 is 0 Å². The van der Waals surface area contributed by atoms with Gasteiger partial charge in [-0.15, -0.1) is 0 Å². The topological polar surface area (TPSA) is 34.1 Å². The van der Waals surface area contributed by atoms with Gasteiger partial charge in [-0.3, -0.25) is 9.59 Å². The van der Waals surface area contributed by atoms with Crippen LogP contribution in [0.4, 0.5) is 0 Å². The summed E-state index contributed by atoms with van der Waals surface area (Å²) in [6.07, 6.45) is 6.63. The van der Waals surface area contributed by atoms with Gasteiger partial charge in [0.05, 0.1) is 0 Å². The maximum absolute atomic E-state index is 11.8. The van der Waals surface area contributed by atoms with Crippen LogP contribution < -0.4 is 0 Å². The van der Waals surface area contributed by atoms with Crippen LogP contribution in [-0.2, 0) is 9.59 Å². The average molecular weight is 255 g/mol. The third-order valence-electron chi connectivity index (χ3n) is 3.69. The van der Waals surface area contributed by atoms with Crippen LogP contribution in [0.3, 0.4) is 0 Å². The summed E-state index contributed by atoms with van der Waals surface area (Å²) in [6.45, 7) is 0. The van der Waals surface area contributed by atoms with E-state index in [1.165, 1.54) is 12.2 Å². The summed E-state index contributed by atoms with van der Waals surface area (Å²) in [7, 11) is 0. The van der Waals surface area contributed by atoms with E-state index in [0.29, 0.717) is 0 Å².